The molecule has 1 unspecified atom stereocenters. The molecule has 0 bridgehead atoms. The van der Waals surface area contributed by atoms with Gasteiger partial charge >= 0.3 is 0 Å². The lowest BCUT2D eigenvalue weighted by Gasteiger charge is -2.30. The summed E-state index contributed by atoms with van der Waals surface area (Å²) in [6.45, 7) is 7.08. The average Bonchev–Trinajstić information content (AvgIpc) is 3.38. The van der Waals surface area contributed by atoms with E-state index >= 15 is 0 Å². The highest BCUT2D eigenvalue weighted by atomic mass is 32.2. The zero-order chi connectivity index (χ0) is 19.5. The minimum atomic E-state index is 0.296. The van der Waals surface area contributed by atoms with Gasteiger partial charge in [-0.3, -0.25) is 4.90 Å². The van der Waals surface area contributed by atoms with E-state index in [1.54, 1.807) is 6.33 Å². The third-order valence-electron chi connectivity index (χ3n) is 4.81. The van der Waals surface area contributed by atoms with Gasteiger partial charge in [0.15, 0.2) is 16.1 Å². The molecule has 1 saturated heterocycles. The summed E-state index contributed by atoms with van der Waals surface area (Å²) in [5, 5.41) is 13.8. The molecular weight excluding hydrogens is 376 g/mol. The molecule has 150 valence electrons. The number of aryl methyl sites for hydroxylation is 1. The monoisotopic (exact) mass is 402 g/mol. The smallest absolute Gasteiger partial charge is 0.231 e. The van der Waals surface area contributed by atoms with E-state index < -0.39 is 0 Å². The van der Waals surface area contributed by atoms with Crippen molar-refractivity contribution in [2.75, 3.05) is 13.1 Å². The van der Waals surface area contributed by atoms with Gasteiger partial charge < -0.3 is 13.5 Å². The Morgan fingerprint density at radius 2 is 2.21 bits per heavy atom. The Bertz CT molecular complexity index is 902. The van der Waals surface area contributed by atoms with Gasteiger partial charge in [-0.25, -0.2) is 0 Å². The molecule has 28 heavy (non-hydrogen) atoms. The highest BCUT2D eigenvalue weighted by Crippen LogP contribution is 2.30. The van der Waals surface area contributed by atoms with Crippen LogP contribution in [0.15, 0.2) is 37.6 Å². The van der Waals surface area contributed by atoms with Crippen molar-refractivity contribution >= 4 is 11.8 Å². The van der Waals surface area contributed by atoms with Crippen molar-refractivity contribution in [3.05, 3.63) is 35.9 Å². The maximum atomic E-state index is 5.99. The van der Waals surface area contributed by atoms with E-state index in [0.29, 0.717) is 11.8 Å². The molecule has 0 radical (unpaired) electrons. The summed E-state index contributed by atoms with van der Waals surface area (Å²) in [7, 11) is 1.92. The molecule has 0 N–H and O–H groups in total. The van der Waals surface area contributed by atoms with E-state index in [0.717, 1.165) is 66.6 Å². The molecule has 1 aliphatic heterocycles. The largest absolute Gasteiger partial charge is 0.453 e. The number of furan rings is 1. The van der Waals surface area contributed by atoms with E-state index in [1.807, 2.05) is 23.7 Å². The lowest BCUT2D eigenvalue weighted by molar-refractivity contribution is 0.167. The second-order valence-electron chi connectivity index (χ2n) is 7.77. The summed E-state index contributed by atoms with van der Waals surface area (Å²) in [6.07, 6.45) is 4.75. The fraction of sp³-hybridized carbons (Fsp3) is 0.579. The molecule has 4 rings (SSSR count). The van der Waals surface area contributed by atoms with E-state index in [1.165, 1.54) is 11.8 Å². The first-order valence-electron chi connectivity index (χ1n) is 9.72. The van der Waals surface area contributed by atoms with Crippen LogP contribution in [0.5, 0.6) is 0 Å². The Hall–Kier alpha value is -2.13. The zero-order valence-corrected chi connectivity index (χ0v) is 17.4. The molecule has 0 aromatic carbocycles. The van der Waals surface area contributed by atoms with Crippen molar-refractivity contribution in [2.24, 2.45) is 13.0 Å². The summed E-state index contributed by atoms with van der Waals surface area (Å²) in [5.74, 6) is 3.37. The van der Waals surface area contributed by atoms with Gasteiger partial charge in [-0.1, -0.05) is 19.0 Å². The summed E-state index contributed by atoms with van der Waals surface area (Å²) < 4.78 is 13.4. The quantitative estimate of drug-likeness (QED) is 0.593. The number of nitrogens with zero attached hydrogens (tertiary/aromatic N) is 6. The first-order chi connectivity index (χ1) is 13.6. The standard InChI is InChI=1S/C19H26N6O2S/c1-13(2)9-16-21-18(27-23-16)14-5-4-8-25(10-14)11-15-6-7-17(26-15)28-19-22-20-12-24(19)3/h6-7,12-14H,4-5,8-11H2,1-3H3. The highest BCUT2D eigenvalue weighted by Gasteiger charge is 2.26. The van der Waals surface area contributed by atoms with Gasteiger partial charge in [0.1, 0.15) is 12.1 Å². The lowest BCUT2D eigenvalue weighted by atomic mass is 9.98. The van der Waals surface area contributed by atoms with Crippen LogP contribution in [0.25, 0.3) is 0 Å². The second kappa shape index (κ2) is 8.48. The van der Waals surface area contributed by atoms with Gasteiger partial charge in [-0.05, 0) is 49.2 Å². The molecule has 0 spiro atoms. The van der Waals surface area contributed by atoms with Gasteiger partial charge in [0.2, 0.25) is 5.89 Å². The maximum Gasteiger partial charge on any atom is 0.231 e. The van der Waals surface area contributed by atoms with Crippen molar-refractivity contribution in [1.29, 1.82) is 0 Å². The molecule has 3 aromatic rings. The Balaban J connectivity index is 1.35. The fourth-order valence-corrected chi connectivity index (χ4v) is 4.20. The van der Waals surface area contributed by atoms with Gasteiger partial charge in [-0.2, -0.15) is 4.98 Å². The van der Waals surface area contributed by atoms with E-state index in [4.69, 9.17) is 8.94 Å². The SMILES string of the molecule is CC(C)Cc1noc(C2CCCN(Cc3ccc(Sc4nncn4C)o3)C2)n1. The molecule has 1 atom stereocenters. The molecular formula is C19H26N6O2S. The van der Waals surface area contributed by atoms with E-state index in [-0.39, 0.29) is 0 Å². The van der Waals surface area contributed by atoms with Crippen LogP contribution in [-0.2, 0) is 20.0 Å². The molecule has 1 fully saturated rings. The first-order valence-corrected chi connectivity index (χ1v) is 10.5. The summed E-state index contributed by atoms with van der Waals surface area (Å²) in [4.78, 5) is 7.02. The third kappa shape index (κ3) is 4.64. The third-order valence-corrected chi connectivity index (χ3v) is 5.78. The minimum absolute atomic E-state index is 0.296. The summed E-state index contributed by atoms with van der Waals surface area (Å²) in [5.41, 5.74) is 0. The summed E-state index contributed by atoms with van der Waals surface area (Å²) in [6, 6.07) is 4.03. The van der Waals surface area contributed by atoms with Crippen molar-refractivity contribution in [3.8, 4) is 0 Å². The van der Waals surface area contributed by atoms with Gasteiger partial charge in [0.05, 0.1) is 12.5 Å². The number of aromatic nitrogens is 5. The van der Waals surface area contributed by atoms with Crippen LogP contribution >= 0.6 is 11.8 Å². The minimum Gasteiger partial charge on any atom is -0.453 e. The number of rotatable bonds is 7. The Labute approximate surface area is 168 Å². The summed E-state index contributed by atoms with van der Waals surface area (Å²) >= 11 is 1.48. The zero-order valence-electron chi connectivity index (χ0n) is 16.5. The Kier molecular flexibility index (Phi) is 5.82. The van der Waals surface area contributed by atoms with Crippen LogP contribution in [0.4, 0.5) is 0 Å². The van der Waals surface area contributed by atoms with Crippen molar-refractivity contribution in [2.45, 2.75) is 55.8 Å². The van der Waals surface area contributed by atoms with Crippen molar-refractivity contribution < 1.29 is 8.94 Å². The van der Waals surface area contributed by atoms with Gasteiger partial charge in [-0.15, -0.1) is 10.2 Å². The molecule has 0 aliphatic carbocycles. The van der Waals surface area contributed by atoms with Crippen LogP contribution < -0.4 is 0 Å². The van der Waals surface area contributed by atoms with E-state index in [2.05, 4.69) is 39.1 Å². The lowest BCUT2D eigenvalue weighted by Crippen LogP contribution is -2.33. The van der Waals surface area contributed by atoms with Crippen LogP contribution in [-0.4, -0.2) is 42.9 Å². The normalized spacial score (nSPS) is 18.2. The number of piperidine rings is 1. The van der Waals surface area contributed by atoms with Crippen LogP contribution in [0.2, 0.25) is 0 Å². The molecule has 4 heterocycles. The maximum absolute atomic E-state index is 5.99. The molecule has 0 saturated carbocycles. The van der Waals surface area contributed by atoms with Crippen LogP contribution in [0.1, 0.15) is 50.1 Å². The first kappa shape index (κ1) is 19.2. The van der Waals surface area contributed by atoms with Gasteiger partial charge in [0.25, 0.3) is 0 Å². The fourth-order valence-electron chi connectivity index (χ4n) is 3.46. The Morgan fingerprint density at radius 3 is 3.00 bits per heavy atom. The number of hydrogen-bond donors (Lipinski definition) is 0. The highest BCUT2D eigenvalue weighted by molar-refractivity contribution is 7.99. The molecule has 3 aromatic heterocycles. The van der Waals surface area contributed by atoms with Gasteiger partial charge in [0, 0.05) is 20.0 Å². The number of likely N-dealkylation sites (tertiary alicyclic amines) is 1. The van der Waals surface area contributed by atoms with Crippen LogP contribution in [0.3, 0.4) is 0 Å². The van der Waals surface area contributed by atoms with Crippen molar-refractivity contribution in [3.63, 3.8) is 0 Å². The van der Waals surface area contributed by atoms with E-state index in [9.17, 15) is 0 Å². The second-order valence-corrected chi connectivity index (χ2v) is 8.74. The molecule has 9 heteroatoms. The molecule has 1 aliphatic rings. The molecule has 0 amide bonds. The molecule has 8 nitrogen and oxygen atoms in total. The topological polar surface area (TPSA) is 86.0 Å². The average molecular weight is 403 g/mol. The van der Waals surface area contributed by atoms with Crippen molar-refractivity contribution in [1.82, 2.24) is 29.8 Å². The number of hydrogen-bond acceptors (Lipinski definition) is 8. The predicted octanol–water partition coefficient (Wildman–Crippen LogP) is 3.52. The van der Waals surface area contributed by atoms with Crippen LogP contribution in [0, 0.1) is 5.92 Å². The predicted molar refractivity (Wildman–Crippen MR) is 104 cm³/mol. The Morgan fingerprint density at radius 1 is 1.32 bits per heavy atom.